The number of aromatic nitrogens is 3. The van der Waals surface area contributed by atoms with E-state index in [0.29, 0.717) is 22.4 Å². The minimum Gasteiger partial charge on any atom is -0.369 e. The van der Waals surface area contributed by atoms with Crippen molar-refractivity contribution in [2.45, 2.75) is 13.3 Å². The summed E-state index contributed by atoms with van der Waals surface area (Å²) in [7, 11) is 4.07. The van der Waals surface area contributed by atoms with Gasteiger partial charge in [-0.1, -0.05) is 11.6 Å². The van der Waals surface area contributed by atoms with Crippen molar-refractivity contribution < 1.29 is 4.79 Å². The van der Waals surface area contributed by atoms with E-state index in [1.54, 1.807) is 18.3 Å². The number of hydrogen-bond donors (Lipinski definition) is 3. The Kier molecular flexibility index (Phi) is 6.01. The van der Waals surface area contributed by atoms with E-state index in [0.717, 1.165) is 41.4 Å². The summed E-state index contributed by atoms with van der Waals surface area (Å²) in [5.74, 6) is 1.14. The molecular weight excluding hydrogens is 414 g/mol. The average Bonchev–Trinajstić information content (AvgIpc) is 2.84. The zero-order chi connectivity index (χ0) is 22.0. The van der Waals surface area contributed by atoms with Crippen molar-refractivity contribution in [2.75, 3.05) is 43.1 Å². The number of halogens is 1. The SMILES string of the molecule is Cc1nc(NCCN(C)C)ccc1Nc1ncc2c(n1)-c1ccc(Cl)cc1NC(=O)C2. The van der Waals surface area contributed by atoms with E-state index in [-0.39, 0.29) is 12.3 Å². The van der Waals surface area contributed by atoms with Gasteiger partial charge in [0.05, 0.1) is 29.2 Å². The molecule has 4 rings (SSSR count). The third kappa shape index (κ3) is 4.92. The van der Waals surface area contributed by atoms with E-state index in [1.165, 1.54) is 0 Å². The summed E-state index contributed by atoms with van der Waals surface area (Å²) < 4.78 is 0. The fraction of sp³-hybridized carbons (Fsp3) is 0.273. The Bertz CT molecular complexity index is 1130. The molecule has 1 aliphatic rings. The molecule has 0 unspecified atom stereocenters. The second-order valence-electron chi connectivity index (χ2n) is 7.67. The Hall–Kier alpha value is -3.23. The summed E-state index contributed by atoms with van der Waals surface area (Å²) in [6.45, 7) is 3.67. The highest BCUT2D eigenvalue weighted by Crippen LogP contribution is 2.35. The van der Waals surface area contributed by atoms with Crippen molar-refractivity contribution in [2.24, 2.45) is 0 Å². The van der Waals surface area contributed by atoms with Crippen LogP contribution in [0.3, 0.4) is 0 Å². The molecule has 0 atom stereocenters. The van der Waals surface area contributed by atoms with Crippen LogP contribution in [-0.4, -0.2) is 52.9 Å². The third-order valence-corrected chi connectivity index (χ3v) is 5.16. The Labute approximate surface area is 186 Å². The number of amides is 1. The summed E-state index contributed by atoms with van der Waals surface area (Å²) in [6, 6.07) is 9.25. The maximum absolute atomic E-state index is 12.2. The zero-order valence-electron chi connectivity index (χ0n) is 17.7. The average molecular weight is 438 g/mol. The molecule has 3 N–H and O–H groups in total. The zero-order valence-corrected chi connectivity index (χ0v) is 18.4. The summed E-state index contributed by atoms with van der Waals surface area (Å²) in [6.07, 6.45) is 1.89. The van der Waals surface area contributed by atoms with E-state index < -0.39 is 0 Å². The highest BCUT2D eigenvalue weighted by molar-refractivity contribution is 6.31. The standard InChI is InChI=1S/C22H24ClN7O/c1-13-17(6-7-19(26-13)24-8-9-30(2)3)28-22-25-12-14-10-20(31)27-18-11-15(23)4-5-16(18)21(14)29-22/h4-7,11-12H,8-10H2,1-3H3,(H,24,26)(H,27,31)(H,25,28,29). The number of pyridine rings is 1. The molecule has 3 heterocycles. The number of nitrogens with one attached hydrogen (secondary N) is 3. The van der Waals surface area contributed by atoms with Crippen molar-refractivity contribution >= 4 is 40.6 Å². The first-order valence-corrected chi connectivity index (χ1v) is 10.4. The monoisotopic (exact) mass is 437 g/mol. The summed E-state index contributed by atoms with van der Waals surface area (Å²) >= 11 is 6.11. The Balaban J connectivity index is 1.59. The van der Waals surface area contributed by atoms with Gasteiger partial charge in [-0.2, -0.15) is 0 Å². The summed E-state index contributed by atoms with van der Waals surface area (Å²) in [4.78, 5) is 28.1. The molecule has 0 radical (unpaired) electrons. The third-order valence-electron chi connectivity index (χ3n) is 4.92. The molecule has 8 nitrogen and oxygen atoms in total. The largest absolute Gasteiger partial charge is 0.369 e. The van der Waals surface area contributed by atoms with Crippen LogP contribution in [-0.2, 0) is 11.2 Å². The quantitative estimate of drug-likeness (QED) is 0.541. The van der Waals surface area contributed by atoms with Gasteiger partial charge in [0.2, 0.25) is 11.9 Å². The van der Waals surface area contributed by atoms with Gasteiger partial charge in [0.15, 0.2) is 0 Å². The lowest BCUT2D eigenvalue weighted by Gasteiger charge is -2.14. The van der Waals surface area contributed by atoms with Gasteiger partial charge in [-0.05, 0) is 51.4 Å². The predicted octanol–water partition coefficient (Wildman–Crippen LogP) is 3.71. The van der Waals surface area contributed by atoms with Crippen LogP contribution in [0.2, 0.25) is 5.02 Å². The fourth-order valence-electron chi connectivity index (χ4n) is 3.34. The number of nitrogens with zero attached hydrogens (tertiary/aromatic N) is 4. The van der Waals surface area contributed by atoms with Crippen LogP contribution in [0, 0.1) is 6.92 Å². The molecule has 1 amide bonds. The summed E-state index contributed by atoms with van der Waals surface area (Å²) in [5, 5.41) is 10.00. The van der Waals surface area contributed by atoms with Gasteiger partial charge in [-0.15, -0.1) is 0 Å². The van der Waals surface area contributed by atoms with Gasteiger partial charge in [-0.3, -0.25) is 4.79 Å². The summed E-state index contributed by atoms with van der Waals surface area (Å²) in [5.41, 5.74) is 4.57. The van der Waals surface area contributed by atoms with Crippen molar-refractivity contribution in [3.63, 3.8) is 0 Å². The predicted molar refractivity (Wildman–Crippen MR) is 124 cm³/mol. The minimum absolute atomic E-state index is 0.121. The van der Waals surface area contributed by atoms with Crippen LogP contribution < -0.4 is 16.0 Å². The van der Waals surface area contributed by atoms with Gasteiger partial charge in [0.1, 0.15) is 5.82 Å². The van der Waals surface area contributed by atoms with E-state index >= 15 is 0 Å². The molecule has 0 fully saturated rings. The normalized spacial score (nSPS) is 12.6. The number of benzene rings is 1. The highest BCUT2D eigenvalue weighted by Gasteiger charge is 2.21. The first-order valence-electron chi connectivity index (χ1n) is 9.98. The maximum atomic E-state index is 12.2. The lowest BCUT2D eigenvalue weighted by Crippen LogP contribution is -2.21. The number of hydrogen-bond acceptors (Lipinski definition) is 7. The number of carbonyl (C=O) groups excluding carboxylic acids is 1. The fourth-order valence-corrected chi connectivity index (χ4v) is 3.52. The van der Waals surface area contributed by atoms with E-state index in [4.69, 9.17) is 16.6 Å². The molecule has 31 heavy (non-hydrogen) atoms. The van der Waals surface area contributed by atoms with Gasteiger partial charge < -0.3 is 20.9 Å². The second-order valence-corrected chi connectivity index (χ2v) is 8.10. The molecule has 9 heteroatoms. The van der Waals surface area contributed by atoms with Crippen molar-refractivity contribution in [3.8, 4) is 11.3 Å². The molecule has 2 aromatic heterocycles. The number of aryl methyl sites for hydroxylation is 1. The highest BCUT2D eigenvalue weighted by atomic mass is 35.5. The lowest BCUT2D eigenvalue weighted by atomic mass is 10.1. The molecular formula is C22H24ClN7O. The van der Waals surface area contributed by atoms with Crippen molar-refractivity contribution in [1.82, 2.24) is 19.9 Å². The Morgan fingerprint density at radius 1 is 1.19 bits per heavy atom. The first kappa shape index (κ1) is 21.0. The van der Waals surface area contributed by atoms with Gasteiger partial charge in [-0.25, -0.2) is 15.0 Å². The molecule has 0 bridgehead atoms. The van der Waals surface area contributed by atoms with Crippen LogP contribution in [0.1, 0.15) is 11.3 Å². The minimum atomic E-state index is -0.121. The van der Waals surface area contributed by atoms with Crippen molar-refractivity contribution in [1.29, 1.82) is 0 Å². The van der Waals surface area contributed by atoms with E-state index in [2.05, 4.69) is 30.8 Å². The van der Waals surface area contributed by atoms with E-state index in [1.807, 2.05) is 39.2 Å². The molecule has 1 aromatic carbocycles. The number of carbonyl (C=O) groups is 1. The van der Waals surface area contributed by atoms with Crippen LogP contribution in [0.25, 0.3) is 11.3 Å². The van der Waals surface area contributed by atoms with Crippen molar-refractivity contribution in [3.05, 3.63) is 52.8 Å². The van der Waals surface area contributed by atoms with Crippen LogP contribution in [0.15, 0.2) is 36.5 Å². The van der Waals surface area contributed by atoms with Gasteiger partial charge in [0, 0.05) is 35.4 Å². The Morgan fingerprint density at radius 2 is 2.03 bits per heavy atom. The van der Waals surface area contributed by atoms with Gasteiger partial charge >= 0.3 is 0 Å². The van der Waals surface area contributed by atoms with Crippen LogP contribution in [0.5, 0.6) is 0 Å². The molecule has 1 aliphatic heterocycles. The molecule has 0 spiro atoms. The topological polar surface area (TPSA) is 95.1 Å². The number of fused-ring (bicyclic) bond motifs is 3. The van der Waals surface area contributed by atoms with Gasteiger partial charge in [0.25, 0.3) is 0 Å². The van der Waals surface area contributed by atoms with E-state index in [9.17, 15) is 4.79 Å². The van der Waals surface area contributed by atoms with Crippen LogP contribution >= 0.6 is 11.6 Å². The molecule has 0 saturated carbocycles. The van der Waals surface area contributed by atoms with Crippen LogP contribution in [0.4, 0.5) is 23.1 Å². The number of likely N-dealkylation sites (N-methyl/N-ethyl adjacent to an activating group) is 1. The second kappa shape index (κ2) is 8.87. The molecule has 160 valence electrons. The molecule has 0 saturated heterocycles. The number of rotatable bonds is 6. The first-order chi connectivity index (χ1) is 14.9. The molecule has 0 aliphatic carbocycles. The smallest absolute Gasteiger partial charge is 0.228 e. The Morgan fingerprint density at radius 3 is 2.81 bits per heavy atom. The lowest BCUT2D eigenvalue weighted by molar-refractivity contribution is -0.115. The molecule has 3 aromatic rings. The maximum Gasteiger partial charge on any atom is 0.228 e. The number of anilines is 4.